The Labute approximate surface area is 129 Å². The highest BCUT2D eigenvalue weighted by molar-refractivity contribution is 7.89. The molecule has 1 aromatic rings. The van der Waals surface area contributed by atoms with Crippen molar-refractivity contribution in [3.63, 3.8) is 0 Å². The van der Waals surface area contributed by atoms with Crippen LogP contribution in [0.25, 0.3) is 0 Å². The predicted molar refractivity (Wildman–Crippen MR) is 81.6 cm³/mol. The summed E-state index contributed by atoms with van der Waals surface area (Å²) in [5, 5.41) is 0.291. The topological polar surface area (TPSA) is 83.7 Å². The first-order valence-electron chi connectivity index (χ1n) is 6.55. The molecule has 0 radical (unpaired) electrons. The summed E-state index contributed by atoms with van der Waals surface area (Å²) < 4.78 is 26.8. The van der Waals surface area contributed by atoms with Crippen molar-refractivity contribution in [2.75, 3.05) is 31.9 Å². The molecule has 1 saturated heterocycles. The van der Waals surface area contributed by atoms with E-state index in [9.17, 15) is 13.2 Å². The zero-order valence-electron chi connectivity index (χ0n) is 12.0. The molecule has 0 aliphatic carbocycles. The molecule has 2 N–H and O–H groups in total. The lowest BCUT2D eigenvalue weighted by Crippen LogP contribution is -2.50. The fraction of sp³-hybridized carbons (Fsp3) is 0.462. The number of hydrogen-bond donors (Lipinski definition) is 1. The van der Waals surface area contributed by atoms with Gasteiger partial charge in [-0.15, -0.1) is 0 Å². The normalized spacial score (nSPS) is 17.0. The molecule has 0 unspecified atom stereocenters. The maximum absolute atomic E-state index is 12.7. The standard InChI is InChI=1S/C13H18ClN3O3S/c1-9-12(15)7-11(14)8-13(9)21(19,20)17-5-3-16(4-6-17)10(2)18/h7-8H,3-6,15H2,1-2H3. The Morgan fingerprint density at radius 3 is 2.33 bits per heavy atom. The van der Waals surface area contributed by atoms with E-state index in [-0.39, 0.29) is 23.9 Å². The van der Waals surface area contributed by atoms with Crippen molar-refractivity contribution < 1.29 is 13.2 Å². The van der Waals surface area contributed by atoms with Crippen molar-refractivity contribution in [2.45, 2.75) is 18.7 Å². The lowest BCUT2D eigenvalue weighted by molar-refractivity contribution is -0.129. The van der Waals surface area contributed by atoms with Crippen LogP contribution in [0.2, 0.25) is 5.02 Å². The molecular weight excluding hydrogens is 314 g/mol. The number of rotatable bonds is 2. The second-order valence-corrected chi connectivity index (χ2v) is 7.37. The average molecular weight is 332 g/mol. The van der Waals surface area contributed by atoms with Crippen LogP contribution in [0.3, 0.4) is 0 Å². The first-order chi connectivity index (χ1) is 9.73. The fourth-order valence-corrected chi connectivity index (χ4v) is 4.32. The van der Waals surface area contributed by atoms with E-state index in [0.717, 1.165) is 0 Å². The Balaban J connectivity index is 2.30. The Kier molecular flexibility index (Phi) is 4.46. The Morgan fingerprint density at radius 2 is 1.81 bits per heavy atom. The highest BCUT2D eigenvalue weighted by Crippen LogP contribution is 2.28. The molecule has 0 atom stereocenters. The highest BCUT2D eigenvalue weighted by atomic mass is 35.5. The van der Waals surface area contributed by atoms with Crippen LogP contribution in [0.15, 0.2) is 17.0 Å². The molecule has 0 aromatic heterocycles. The summed E-state index contributed by atoms with van der Waals surface area (Å²) in [6, 6.07) is 2.95. The molecule has 1 aliphatic heterocycles. The van der Waals surface area contributed by atoms with Gasteiger partial charge in [0.05, 0.1) is 4.90 Å². The van der Waals surface area contributed by atoms with Crippen molar-refractivity contribution in [3.05, 3.63) is 22.7 Å². The summed E-state index contributed by atoms with van der Waals surface area (Å²) in [5.41, 5.74) is 6.63. The van der Waals surface area contributed by atoms with Crippen LogP contribution in [0.5, 0.6) is 0 Å². The van der Waals surface area contributed by atoms with Crippen molar-refractivity contribution in [1.82, 2.24) is 9.21 Å². The number of nitrogen functional groups attached to an aromatic ring is 1. The number of sulfonamides is 1. The number of anilines is 1. The van der Waals surface area contributed by atoms with Gasteiger partial charge in [0, 0.05) is 43.8 Å². The summed E-state index contributed by atoms with van der Waals surface area (Å²) >= 11 is 5.92. The SMILES string of the molecule is CC(=O)N1CCN(S(=O)(=O)c2cc(Cl)cc(N)c2C)CC1. The van der Waals surface area contributed by atoms with Crippen LogP contribution < -0.4 is 5.73 Å². The second-order valence-electron chi connectivity index (χ2n) is 5.03. The smallest absolute Gasteiger partial charge is 0.243 e. The van der Waals surface area contributed by atoms with Gasteiger partial charge in [-0.1, -0.05) is 11.6 Å². The molecule has 116 valence electrons. The minimum atomic E-state index is -3.66. The van der Waals surface area contributed by atoms with Crippen LogP contribution in [0, 0.1) is 6.92 Å². The van der Waals surface area contributed by atoms with Gasteiger partial charge in [-0.2, -0.15) is 4.31 Å². The van der Waals surface area contributed by atoms with E-state index in [4.69, 9.17) is 17.3 Å². The Bertz CT molecular complexity index is 667. The van der Waals surface area contributed by atoms with Crippen LogP contribution >= 0.6 is 11.6 Å². The van der Waals surface area contributed by atoms with E-state index in [0.29, 0.717) is 29.4 Å². The number of halogens is 1. The first-order valence-corrected chi connectivity index (χ1v) is 8.36. The van der Waals surface area contributed by atoms with E-state index >= 15 is 0 Å². The van der Waals surface area contributed by atoms with E-state index in [1.807, 2.05) is 0 Å². The summed E-state index contributed by atoms with van der Waals surface area (Å²) in [6.07, 6.45) is 0. The van der Waals surface area contributed by atoms with Gasteiger partial charge in [0.15, 0.2) is 0 Å². The molecule has 8 heteroatoms. The Morgan fingerprint density at radius 1 is 1.24 bits per heavy atom. The third-order valence-electron chi connectivity index (χ3n) is 3.67. The molecule has 0 bridgehead atoms. The number of nitrogens with zero attached hydrogens (tertiary/aromatic N) is 2. The van der Waals surface area contributed by atoms with Crippen LogP contribution in [-0.4, -0.2) is 49.7 Å². The fourth-order valence-electron chi connectivity index (χ4n) is 2.32. The minimum absolute atomic E-state index is 0.0461. The number of amides is 1. The Hall–Kier alpha value is -1.31. The predicted octanol–water partition coefficient (Wildman–Crippen LogP) is 1.08. The number of benzene rings is 1. The van der Waals surface area contributed by atoms with Crippen LogP contribution in [0.1, 0.15) is 12.5 Å². The maximum Gasteiger partial charge on any atom is 0.243 e. The first kappa shape index (κ1) is 16.1. The largest absolute Gasteiger partial charge is 0.398 e. The number of carbonyl (C=O) groups excluding carboxylic acids is 1. The third-order valence-corrected chi connectivity index (χ3v) is 5.91. The molecule has 6 nitrogen and oxygen atoms in total. The summed E-state index contributed by atoms with van der Waals surface area (Å²) in [4.78, 5) is 13.1. The number of hydrogen-bond acceptors (Lipinski definition) is 4. The zero-order chi connectivity index (χ0) is 15.8. The lowest BCUT2D eigenvalue weighted by atomic mass is 10.2. The van der Waals surface area contributed by atoms with Gasteiger partial charge in [0.25, 0.3) is 0 Å². The zero-order valence-corrected chi connectivity index (χ0v) is 13.5. The number of nitrogens with two attached hydrogens (primary N) is 1. The van der Waals surface area contributed by atoms with Crippen molar-refractivity contribution in [2.24, 2.45) is 0 Å². The minimum Gasteiger partial charge on any atom is -0.398 e. The van der Waals surface area contributed by atoms with Gasteiger partial charge >= 0.3 is 0 Å². The van der Waals surface area contributed by atoms with Gasteiger partial charge in [0.2, 0.25) is 15.9 Å². The highest BCUT2D eigenvalue weighted by Gasteiger charge is 2.30. The van der Waals surface area contributed by atoms with Gasteiger partial charge in [0.1, 0.15) is 0 Å². The van der Waals surface area contributed by atoms with Gasteiger partial charge in [-0.3, -0.25) is 4.79 Å². The van der Waals surface area contributed by atoms with E-state index < -0.39 is 10.0 Å². The van der Waals surface area contributed by atoms with E-state index in [1.165, 1.54) is 23.4 Å². The molecule has 1 amide bonds. The molecule has 1 heterocycles. The van der Waals surface area contributed by atoms with Crippen molar-refractivity contribution in [3.8, 4) is 0 Å². The van der Waals surface area contributed by atoms with E-state index in [2.05, 4.69) is 0 Å². The van der Waals surface area contributed by atoms with Gasteiger partial charge in [-0.25, -0.2) is 8.42 Å². The maximum atomic E-state index is 12.7. The van der Waals surface area contributed by atoms with Crippen LogP contribution in [0.4, 0.5) is 5.69 Å². The monoisotopic (exact) mass is 331 g/mol. The van der Waals surface area contributed by atoms with Gasteiger partial charge in [-0.05, 0) is 24.6 Å². The molecule has 21 heavy (non-hydrogen) atoms. The van der Waals surface area contributed by atoms with Gasteiger partial charge < -0.3 is 10.6 Å². The number of carbonyl (C=O) groups is 1. The summed E-state index contributed by atoms with van der Waals surface area (Å²) in [6.45, 7) is 4.46. The van der Waals surface area contributed by atoms with Crippen molar-refractivity contribution >= 4 is 33.2 Å². The van der Waals surface area contributed by atoms with Crippen molar-refractivity contribution in [1.29, 1.82) is 0 Å². The molecule has 0 saturated carbocycles. The molecule has 1 aliphatic rings. The second kappa shape index (κ2) is 5.82. The molecule has 2 rings (SSSR count). The molecule has 1 fully saturated rings. The molecular formula is C13H18ClN3O3S. The van der Waals surface area contributed by atoms with E-state index in [1.54, 1.807) is 11.8 Å². The molecule has 0 spiro atoms. The quantitative estimate of drug-likeness (QED) is 0.822. The summed E-state index contributed by atoms with van der Waals surface area (Å²) in [7, 11) is -3.66. The third kappa shape index (κ3) is 3.14. The average Bonchev–Trinajstić information content (AvgIpc) is 2.42. The van der Waals surface area contributed by atoms with Crippen LogP contribution in [-0.2, 0) is 14.8 Å². The lowest BCUT2D eigenvalue weighted by Gasteiger charge is -2.33. The molecule has 1 aromatic carbocycles. The summed E-state index contributed by atoms with van der Waals surface area (Å²) in [5.74, 6) is -0.0461. The number of piperazine rings is 1.